The van der Waals surface area contributed by atoms with Gasteiger partial charge in [0.05, 0.1) is 17.2 Å². The van der Waals surface area contributed by atoms with Gasteiger partial charge in [0, 0.05) is 40.8 Å². The van der Waals surface area contributed by atoms with E-state index in [9.17, 15) is 14.7 Å². The number of aliphatic hydroxyl groups is 1. The van der Waals surface area contributed by atoms with Gasteiger partial charge in [-0.25, -0.2) is 0 Å². The van der Waals surface area contributed by atoms with Crippen molar-refractivity contribution in [2.75, 3.05) is 18.4 Å². The second-order valence-corrected chi connectivity index (χ2v) is 9.04. The maximum absolute atomic E-state index is 13.1. The molecule has 2 amide bonds. The molecule has 7 heteroatoms. The molecule has 33 heavy (non-hydrogen) atoms. The fourth-order valence-corrected chi connectivity index (χ4v) is 4.94. The first-order chi connectivity index (χ1) is 15.8. The number of aliphatic hydroxyl groups excluding tert-OH is 1. The summed E-state index contributed by atoms with van der Waals surface area (Å²) in [4.78, 5) is 31.0. The lowest BCUT2D eigenvalue weighted by atomic mass is 9.94. The van der Waals surface area contributed by atoms with Crippen LogP contribution in [0.25, 0.3) is 22.8 Å². The number of aromatic amines is 1. The highest BCUT2D eigenvalue weighted by molar-refractivity contribution is 6.36. The van der Waals surface area contributed by atoms with Crippen molar-refractivity contribution in [1.82, 2.24) is 9.88 Å². The summed E-state index contributed by atoms with van der Waals surface area (Å²) in [6, 6.07) is 13.3. The van der Waals surface area contributed by atoms with Crippen LogP contribution < -0.4 is 5.32 Å². The lowest BCUT2D eigenvalue weighted by Gasteiger charge is -2.16. The smallest absolute Gasteiger partial charge is 0.256 e. The Hall–Kier alpha value is -3.35. The van der Waals surface area contributed by atoms with E-state index in [1.54, 1.807) is 4.90 Å². The molecule has 1 saturated heterocycles. The van der Waals surface area contributed by atoms with Crippen molar-refractivity contribution in [2.45, 2.75) is 26.4 Å². The topological polar surface area (TPSA) is 85.4 Å². The van der Waals surface area contributed by atoms with E-state index in [0.29, 0.717) is 35.7 Å². The van der Waals surface area contributed by atoms with Crippen LogP contribution in [-0.2, 0) is 4.79 Å². The second kappa shape index (κ2) is 8.21. The van der Waals surface area contributed by atoms with Crippen molar-refractivity contribution >= 4 is 40.8 Å². The van der Waals surface area contributed by atoms with E-state index in [0.717, 1.165) is 39.3 Å². The Kier molecular flexibility index (Phi) is 5.35. The summed E-state index contributed by atoms with van der Waals surface area (Å²) in [5.41, 5.74) is 6.75. The second-order valence-electron chi connectivity index (χ2n) is 8.61. The van der Waals surface area contributed by atoms with Crippen molar-refractivity contribution in [3.05, 3.63) is 75.6 Å². The molecular formula is C26H24ClN3O3. The molecule has 3 N–H and O–H groups in total. The third-order valence-electron chi connectivity index (χ3n) is 6.39. The number of amides is 2. The van der Waals surface area contributed by atoms with Gasteiger partial charge in [-0.2, -0.15) is 0 Å². The fraction of sp³-hybridized carbons (Fsp3) is 0.231. The maximum atomic E-state index is 13.1. The van der Waals surface area contributed by atoms with Crippen molar-refractivity contribution in [1.29, 1.82) is 0 Å². The van der Waals surface area contributed by atoms with Gasteiger partial charge < -0.3 is 20.3 Å². The SMILES string of the molecule is Cc1[nH]c(C=C2C(=O)Nc3cccc(-c4cccc(Cl)c4)c32)c(C)c1C(=O)N1CC[C@H](O)C1. The number of halogens is 1. The van der Waals surface area contributed by atoms with E-state index in [2.05, 4.69) is 10.3 Å². The highest BCUT2D eigenvalue weighted by Crippen LogP contribution is 2.41. The molecule has 5 rings (SSSR count). The first-order valence-corrected chi connectivity index (χ1v) is 11.3. The first kappa shape index (κ1) is 21.5. The molecule has 1 aromatic heterocycles. The van der Waals surface area contributed by atoms with Gasteiger partial charge in [0.1, 0.15) is 0 Å². The monoisotopic (exact) mass is 461 g/mol. The van der Waals surface area contributed by atoms with Gasteiger partial charge in [-0.3, -0.25) is 9.59 Å². The van der Waals surface area contributed by atoms with Crippen LogP contribution in [-0.4, -0.2) is 46.0 Å². The number of hydrogen-bond donors (Lipinski definition) is 3. The lowest BCUT2D eigenvalue weighted by Crippen LogP contribution is -2.30. The zero-order chi connectivity index (χ0) is 23.3. The van der Waals surface area contributed by atoms with Crippen LogP contribution >= 0.6 is 11.6 Å². The molecule has 3 heterocycles. The summed E-state index contributed by atoms with van der Waals surface area (Å²) in [5, 5.41) is 13.4. The largest absolute Gasteiger partial charge is 0.391 e. The summed E-state index contributed by atoms with van der Waals surface area (Å²) in [5.74, 6) is -0.292. The van der Waals surface area contributed by atoms with Crippen molar-refractivity contribution < 1.29 is 14.7 Å². The number of fused-ring (bicyclic) bond motifs is 1. The fourth-order valence-electron chi connectivity index (χ4n) is 4.75. The van der Waals surface area contributed by atoms with Gasteiger partial charge in [0.2, 0.25) is 0 Å². The normalized spacial score (nSPS) is 18.7. The van der Waals surface area contributed by atoms with Crippen LogP contribution in [0.2, 0.25) is 5.02 Å². The summed E-state index contributed by atoms with van der Waals surface area (Å²) in [6.45, 7) is 4.62. The van der Waals surface area contributed by atoms with E-state index in [1.165, 1.54) is 0 Å². The number of nitrogens with zero attached hydrogens (tertiary/aromatic N) is 1. The van der Waals surface area contributed by atoms with Gasteiger partial charge in [0.25, 0.3) is 11.8 Å². The molecule has 2 aliphatic rings. The molecule has 0 aliphatic carbocycles. The lowest BCUT2D eigenvalue weighted by molar-refractivity contribution is -0.110. The molecule has 0 bridgehead atoms. The van der Waals surface area contributed by atoms with Crippen molar-refractivity contribution in [2.24, 2.45) is 0 Å². The molecule has 0 radical (unpaired) electrons. The number of likely N-dealkylation sites (tertiary alicyclic amines) is 1. The van der Waals surface area contributed by atoms with Crippen molar-refractivity contribution in [3.8, 4) is 11.1 Å². The minimum absolute atomic E-state index is 0.0988. The molecule has 6 nitrogen and oxygen atoms in total. The first-order valence-electron chi connectivity index (χ1n) is 10.9. The van der Waals surface area contributed by atoms with Crippen LogP contribution in [0.1, 0.15) is 39.3 Å². The molecule has 1 fully saturated rings. The summed E-state index contributed by atoms with van der Waals surface area (Å²) in [7, 11) is 0. The zero-order valence-electron chi connectivity index (χ0n) is 18.4. The Morgan fingerprint density at radius 3 is 2.73 bits per heavy atom. The van der Waals surface area contributed by atoms with Crippen LogP contribution in [0.4, 0.5) is 5.69 Å². The molecule has 0 unspecified atom stereocenters. The van der Waals surface area contributed by atoms with Gasteiger partial charge in [-0.05, 0) is 61.2 Å². The predicted molar refractivity (Wildman–Crippen MR) is 130 cm³/mol. The van der Waals surface area contributed by atoms with E-state index in [4.69, 9.17) is 11.6 Å². The van der Waals surface area contributed by atoms with E-state index >= 15 is 0 Å². The quantitative estimate of drug-likeness (QED) is 0.496. The standard InChI is InChI=1S/C26H24ClN3O3/c1-14-22(28-15(2)23(14)26(33)30-10-9-18(31)13-30)12-20-24-19(16-5-3-6-17(27)11-16)7-4-8-21(24)29-25(20)32/h3-8,11-12,18,28,31H,9-10,13H2,1-2H3,(H,29,32)/t18-/m0/s1. The number of rotatable bonds is 3. The minimum atomic E-state index is -0.473. The number of β-amino-alcohol motifs (C(OH)–C–C–N with tert-alkyl or cyclic N) is 1. The van der Waals surface area contributed by atoms with Crippen LogP contribution in [0.5, 0.6) is 0 Å². The van der Waals surface area contributed by atoms with Crippen LogP contribution in [0.3, 0.4) is 0 Å². The average molecular weight is 462 g/mol. The molecule has 0 saturated carbocycles. The maximum Gasteiger partial charge on any atom is 0.256 e. The summed E-state index contributed by atoms with van der Waals surface area (Å²) in [6.07, 6.45) is 1.93. The third-order valence-corrected chi connectivity index (χ3v) is 6.63. The zero-order valence-corrected chi connectivity index (χ0v) is 19.2. The molecule has 2 aromatic carbocycles. The van der Waals surface area contributed by atoms with Crippen LogP contribution in [0, 0.1) is 13.8 Å². The Morgan fingerprint density at radius 2 is 2.00 bits per heavy atom. The summed E-state index contributed by atoms with van der Waals surface area (Å²) < 4.78 is 0. The van der Waals surface area contributed by atoms with Crippen LogP contribution in [0.15, 0.2) is 42.5 Å². The minimum Gasteiger partial charge on any atom is -0.391 e. The Labute approximate surface area is 196 Å². The molecule has 0 spiro atoms. The molecule has 1 atom stereocenters. The number of aryl methyl sites for hydroxylation is 1. The number of nitrogens with one attached hydrogen (secondary N) is 2. The molecule has 2 aliphatic heterocycles. The van der Waals surface area contributed by atoms with Gasteiger partial charge in [-0.15, -0.1) is 0 Å². The number of carbonyl (C=O) groups excluding carboxylic acids is 2. The number of H-pyrrole nitrogens is 1. The number of hydrogen-bond acceptors (Lipinski definition) is 3. The van der Waals surface area contributed by atoms with E-state index < -0.39 is 6.10 Å². The number of benzene rings is 2. The highest BCUT2D eigenvalue weighted by atomic mass is 35.5. The molecule has 3 aromatic rings. The molecular weight excluding hydrogens is 438 g/mol. The Bertz CT molecular complexity index is 1320. The van der Waals surface area contributed by atoms with E-state index in [1.807, 2.05) is 62.4 Å². The highest BCUT2D eigenvalue weighted by Gasteiger charge is 2.31. The van der Waals surface area contributed by atoms with Gasteiger partial charge in [-0.1, -0.05) is 35.9 Å². The van der Waals surface area contributed by atoms with Crippen molar-refractivity contribution in [3.63, 3.8) is 0 Å². The number of aromatic nitrogens is 1. The predicted octanol–water partition coefficient (Wildman–Crippen LogP) is 4.65. The Balaban J connectivity index is 1.59. The Morgan fingerprint density at radius 1 is 1.21 bits per heavy atom. The number of carbonyl (C=O) groups is 2. The third kappa shape index (κ3) is 3.75. The van der Waals surface area contributed by atoms with Gasteiger partial charge >= 0.3 is 0 Å². The summed E-state index contributed by atoms with van der Waals surface area (Å²) >= 11 is 6.22. The average Bonchev–Trinajstić information content (AvgIpc) is 3.43. The molecule has 168 valence electrons. The number of anilines is 1. The van der Waals surface area contributed by atoms with Gasteiger partial charge in [0.15, 0.2) is 0 Å². The van der Waals surface area contributed by atoms with E-state index in [-0.39, 0.29) is 11.8 Å².